The van der Waals surface area contributed by atoms with Crippen LogP contribution in [0.2, 0.25) is 0 Å². The van der Waals surface area contributed by atoms with Crippen molar-refractivity contribution < 1.29 is 4.42 Å². The Bertz CT molecular complexity index is 501. The highest BCUT2D eigenvalue weighted by Gasteiger charge is 2.17. The average Bonchev–Trinajstić information content (AvgIpc) is 3.10. The van der Waals surface area contributed by atoms with E-state index in [1.807, 2.05) is 12.1 Å². The van der Waals surface area contributed by atoms with Gasteiger partial charge in [0.25, 0.3) is 0 Å². The molecule has 0 radical (unpaired) electrons. The third kappa shape index (κ3) is 3.05. The lowest BCUT2D eigenvalue weighted by Gasteiger charge is -2.33. The van der Waals surface area contributed by atoms with Gasteiger partial charge in [-0.05, 0) is 18.7 Å². The molecule has 3 heterocycles. The van der Waals surface area contributed by atoms with Crippen molar-refractivity contribution in [1.82, 2.24) is 14.8 Å². The summed E-state index contributed by atoms with van der Waals surface area (Å²) in [5.74, 6) is 0.868. The third-order valence-corrected chi connectivity index (χ3v) is 4.49. The lowest BCUT2D eigenvalue weighted by molar-refractivity contribution is 0.131. The Balaban J connectivity index is 1.59. The summed E-state index contributed by atoms with van der Waals surface area (Å²) in [5, 5.41) is 3.12. The average molecular weight is 277 g/mol. The van der Waals surface area contributed by atoms with Gasteiger partial charge in [0.05, 0.1) is 12.0 Å². The Morgan fingerprint density at radius 2 is 2.05 bits per heavy atom. The van der Waals surface area contributed by atoms with Gasteiger partial charge in [0.1, 0.15) is 0 Å². The molecule has 1 saturated heterocycles. The maximum absolute atomic E-state index is 5.38. The van der Waals surface area contributed by atoms with Crippen LogP contribution in [0.15, 0.2) is 28.2 Å². The molecule has 5 heteroatoms. The minimum absolute atomic E-state index is 0.868. The Morgan fingerprint density at radius 3 is 2.74 bits per heavy atom. The van der Waals surface area contributed by atoms with Crippen LogP contribution in [0, 0.1) is 0 Å². The molecule has 0 saturated carbocycles. The van der Waals surface area contributed by atoms with E-state index in [1.165, 1.54) is 13.1 Å². The number of hydrogen-bond acceptors (Lipinski definition) is 5. The molecule has 0 aliphatic carbocycles. The van der Waals surface area contributed by atoms with Crippen LogP contribution in [-0.2, 0) is 6.54 Å². The lowest BCUT2D eigenvalue weighted by Crippen LogP contribution is -2.45. The molecule has 1 aliphatic rings. The molecule has 0 amide bonds. The van der Waals surface area contributed by atoms with Crippen molar-refractivity contribution in [2.75, 3.05) is 32.7 Å². The number of hydrogen-bond donors (Lipinski definition) is 0. The van der Waals surface area contributed by atoms with Crippen LogP contribution in [0.25, 0.3) is 10.8 Å². The molecular weight excluding hydrogens is 258 g/mol. The Hall–Kier alpha value is -1.17. The van der Waals surface area contributed by atoms with E-state index in [-0.39, 0.29) is 0 Å². The maximum atomic E-state index is 5.38. The number of aromatic nitrogens is 1. The van der Waals surface area contributed by atoms with Gasteiger partial charge < -0.3 is 9.32 Å². The number of likely N-dealkylation sites (N-methyl/N-ethyl adjacent to an activating group) is 1. The molecule has 1 aliphatic heterocycles. The van der Waals surface area contributed by atoms with Crippen LogP contribution >= 0.6 is 11.3 Å². The number of piperazine rings is 1. The van der Waals surface area contributed by atoms with Crippen molar-refractivity contribution in [1.29, 1.82) is 0 Å². The molecule has 102 valence electrons. The molecule has 0 bridgehead atoms. The molecule has 0 aromatic carbocycles. The van der Waals surface area contributed by atoms with Gasteiger partial charge in [0.15, 0.2) is 10.8 Å². The second kappa shape index (κ2) is 5.86. The van der Waals surface area contributed by atoms with Gasteiger partial charge in [-0.15, -0.1) is 11.3 Å². The SMILES string of the molecule is CCN1CCN(Cc2csc(-c3ccco3)n2)CC1. The van der Waals surface area contributed by atoms with E-state index < -0.39 is 0 Å². The fourth-order valence-corrected chi connectivity index (χ4v) is 3.16. The van der Waals surface area contributed by atoms with E-state index in [2.05, 4.69) is 27.1 Å². The molecule has 3 rings (SSSR count). The first kappa shape index (κ1) is 12.8. The number of furan rings is 1. The van der Waals surface area contributed by atoms with Crippen molar-refractivity contribution in [2.24, 2.45) is 0 Å². The molecule has 1 fully saturated rings. The molecular formula is C14H19N3OS. The molecule has 2 aromatic rings. The van der Waals surface area contributed by atoms with Gasteiger partial charge in [-0.25, -0.2) is 4.98 Å². The fourth-order valence-electron chi connectivity index (χ4n) is 2.39. The van der Waals surface area contributed by atoms with Gasteiger partial charge in [0, 0.05) is 38.1 Å². The zero-order valence-electron chi connectivity index (χ0n) is 11.2. The first-order chi connectivity index (χ1) is 9.35. The highest BCUT2D eigenvalue weighted by Crippen LogP contribution is 2.24. The Morgan fingerprint density at radius 1 is 1.26 bits per heavy atom. The summed E-state index contributed by atoms with van der Waals surface area (Å²) in [6.07, 6.45) is 1.69. The summed E-state index contributed by atoms with van der Waals surface area (Å²) in [6, 6.07) is 3.86. The van der Waals surface area contributed by atoms with E-state index in [1.54, 1.807) is 17.6 Å². The lowest BCUT2D eigenvalue weighted by atomic mass is 10.3. The second-order valence-electron chi connectivity index (χ2n) is 4.83. The molecule has 0 unspecified atom stereocenters. The zero-order chi connectivity index (χ0) is 13.1. The smallest absolute Gasteiger partial charge is 0.162 e. The van der Waals surface area contributed by atoms with Crippen molar-refractivity contribution >= 4 is 11.3 Å². The maximum Gasteiger partial charge on any atom is 0.162 e. The predicted octanol–water partition coefficient (Wildman–Crippen LogP) is 2.54. The standard InChI is InChI=1S/C14H19N3OS/c1-2-16-5-7-17(8-6-16)10-12-11-19-14(15-12)13-4-3-9-18-13/h3-4,9,11H,2,5-8,10H2,1H3. The highest BCUT2D eigenvalue weighted by molar-refractivity contribution is 7.13. The molecule has 0 atom stereocenters. The van der Waals surface area contributed by atoms with Crippen molar-refractivity contribution in [3.8, 4) is 10.8 Å². The van der Waals surface area contributed by atoms with Gasteiger partial charge in [-0.3, -0.25) is 4.90 Å². The molecule has 0 spiro atoms. The van der Waals surface area contributed by atoms with Crippen LogP contribution in [0.3, 0.4) is 0 Å². The van der Waals surface area contributed by atoms with Crippen LogP contribution in [-0.4, -0.2) is 47.5 Å². The van der Waals surface area contributed by atoms with Crippen LogP contribution in [0.1, 0.15) is 12.6 Å². The second-order valence-corrected chi connectivity index (χ2v) is 5.69. The Labute approximate surface area is 117 Å². The first-order valence-corrected chi connectivity index (χ1v) is 7.66. The zero-order valence-corrected chi connectivity index (χ0v) is 12.0. The number of rotatable bonds is 4. The third-order valence-electron chi connectivity index (χ3n) is 3.58. The minimum atomic E-state index is 0.868. The molecule has 19 heavy (non-hydrogen) atoms. The van der Waals surface area contributed by atoms with E-state index >= 15 is 0 Å². The quantitative estimate of drug-likeness (QED) is 0.860. The van der Waals surface area contributed by atoms with Crippen molar-refractivity contribution in [2.45, 2.75) is 13.5 Å². The summed E-state index contributed by atoms with van der Waals surface area (Å²) in [7, 11) is 0. The van der Waals surface area contributed by atoms with Gasteiger partial charge in [-0.2, -0.15) is 0 Å². The van der Waals surface area contributed by atoms with Crippen molar-refractivity contribution in [3.63, 3.8) is 0 Å². The van der Waals surface area contributed by atoms with Gasteiger partial charge >= 0.3 is 0 Å². The topological polar surface area (TPSA) is 32.5 Å². The van der Waals surface area contributed by atoms with E-state index in [0.29, 0.717) is 0 Å². The molecule has 0 N–H and O–H groups in total. The molecule has 4 nitrogen and oxygen atoms in total. The largest absolute Gasteiger partial charge is 0.462 e. The first-order valence-electron chi connectivity index (χ1n) is 6.78. The highest BCUT2D eigenvalue weighted by atomic mass is 32.1. The molecule has 2 aromatic heterocycles. The number of thiazole rings is 1. The summed E-state index contributed by atoms with van der Waals surface area (Å²) in [6.45, 7) is 8.97. The number of nitrogens with zero attached hydrogens (tertiary/aromatic N) is 3. The van der Waals surface area contributed by atoms with E-state index in [4.69, 9.17) is 4.42 Å². The van der Waals surface area contributed by atoms with E-state index in [9.17, 15) is 0 Å². The minimum Gasteiger partial charge on any atom is -0.462 e. The Kier molecular flexibility index (Phi) is 3.96. The van der Waals surface area contributed by atoms with Gasteiger partial charge in [0.2, 0.25) is 0 Å². The monoisotopic (exact) mass is 277 g/mol. The fraction of sp³-hybridized carbons (Fsp3) is 0.500. The van der Waals surface area contributed by atoms with Crippen LogP contribution in [0.4, 0.5) is 0 Å². The normalized spacial score (nSPS) is 17.9. The summed E-state index contributed by atoms with van der Waals surface area (Å²) in [4.78, 5) is 9.63. The van der Waals surface area contributed by atoms with Gasteiger partial charge in [-0.1, -0.05) is 6.92 Å². The van der Waals surface area contributed by atoms with Crippen molar-refractivity contribution in [3.05, 3.63) is 29.5 Å². The van der Waals surface area contributed by atoms with E-state index in [0.717, 1.165) is 42.6 Å². The van der Waals surface area contributed by atoms with Crippen LogP contribution < -0.4 is 0 Å². The summed E-state index contributed by atoms with van der Waals surface area (Å²) >= 11 is 1.66. The predicted molar refractivity (Wildman–Crippen MR) is 77.2 cm³/mol. The van der Waals surface area contributed by atoms with Crippen LogP contribution in [0.5, 0.6) is 0 Å². The summed E-state index contributed by atoms with van der Waals surface area (Å²) in [5.41, 5.74) is 1.15. The summed E-state index contributed by atoms with van der Waals surface area (Å²) < 4.78 is 5.38.